The Morgan fingerprint density at radius 3 is 2.84 bits per heavy atom. The molecular weight excluding hydrogens is 264 g/mol. The van der Waals surface area contributed by atoms with Crippen molar-refractivity contribution in [2.24, 2.45) is 0 Å². The number of carbonyl (C=O) groups is 1. The third-order valence-corrected chi connectivity index (χ3v) is 2.69. The van der Waals surface area contributed by atoms with E-state index in [1.807, 2.05) is 31.2 Å². The first-order chi connectivity index (χ1) is 9.10. The SMILES string of the molecule is CNC(=O)c1cnc(Cl)nc1Nc1cccc(C)c1. The first-order valence-corrected chi connectivity index (χ1v) is 6.06. The van der Waals surface area contributed by atoms with E-state index < -0.39 is 0 Å². The Morgan fingerprint density at radius 1 is 1.37 bits per heavy atom. The number of carbonyl (C=O) groups excluding carboxylic acids is 1. The van der Waals surface area contributed by atoms with Crippen molar-refractivity contribution in [2.75, 3.05) is 12.4 Å². The maximum Gasteiger partial charge on any atom is 0.256 e. The zero-order chi connectivity index (χ0) is 13.8. The monoisotopic (exact) mass is 276 g/mol. The van der Waals surface area contributed by atoms with Crippen LogP contribution in [0.3, 0.4) is 0 Å². The molecular formula is C13H13ClN4O. The highest BCUT2D eigenvalue weighted by Gasteiger charge is 2.13. The van der Waals surface area contributed by atoms with Gasteiger partial charge in [-0.1, -0.05) is 12.1 Å². The van der Waals surface area contributed by atoms with Gasteiger partial charge >= 0.3 is 0 Å². The number of hydrogen-bond acceptors (Lipinski definition) is 4. The molecule has 1 heterocycles. The number of halogens is 1. The molecule has 0 aliphatic carbocycles. The average Bonchev–Trinajstić information content (AvgIpc) is 2.38. The second-order valence-corrected chi connectivity index (χ2v) is 4.31. The van der Waals surface area contributed by atoms with Crippen LogP contribution in [0, 0.1) is 6.92 Å². The predicted molar refractivity (Wildman–Crippen MR) is 74.9 cm³/mol. The number of rotatable bonds is 3. The second kappa shape index (κ2) is 5.67. The summed E-state index contributed by atoms with van der Waals surface area (Å²) >= 11 is 5.77. The number of aryl methyl sites for hydroxylation is 1. The molecule has 0 saturated heterocycles. The summed E-state index contributed by atoms with van der Waals surface area (Å²) in [7, 11) is 1.55. The van der Waals surface area contributed by atoms with Gasteiger partial charge in [0.25, 0.3) is 5.91 Å². The van der Waals surface area contributed by atoms with Crippen LogP contribution in [0.5, 0.6) is 0 Å². The third kappa shape index (κ3) is 3.20. The van der Waals surface area contributed by atoms with Crippen molar-refractivity contribution < 1.29 is 4.79 Å². The largest absolute Gasteiger partial charge is 0.355 e. The van der Waals surface area contributed by atoms with Crippen LogP contribution in [0.25, 0.3) is 0 Å². The van der Waals surface area contributed by atoms with Gasteiger partial charge in [-0.15, -0.1) is 0 Å². The van der Waals surface area contributed by atoms with Gasteiger partial charge in [0.2, 0.25) is 5.28 Å². The fraction of sp³-hybridized carbons (Fsp3) is 0.154. The van der Waals surface area contributed by atoms with Crippen LogP contribution in [-0.4, -0.2) is 22.9 Å². The maximum absolute atomic E-state index is 11.7. The molecule has 0 bridgehead atoms. The summed E-state index contributed by atoms with van der Waals surface area (Å²) in [5, 5.41) is 5.70. The van der Waals surface area contributed by atoms with Crippen LogP contribution in [0.1, 0.15) is 15.9 Å². The molecule has 6 heteroatoms. The minimum absolute atomic E-state index is 0.0859. The van der Waals surface area contributed by atoms with Crippen molar-refractivity contribution >= 4 is 29.0 Å². The first kappa shape index (κ1) is 13.3. The van der Waals surface area contributed by atoms with Crippen molar-refractivity contribution in [1.29, 1.82) is 0 Å². The van der Waals surface area contributed by atoms with E-state index in [9.17, 15) is 4.79 Å². The number of nitrogens with zero attached hydrogens (tertiary/aromatic N) is 2. The topological polar surface area (TPSA) is 66.9 Å². The number of nitrogens with one attached hydrogen (secondary N) is 2. The van der Waals surface area contributed by atoms with E-state index >= 15 is 0 Å². The van der Waals surface area contributed by atoms with Crippen LogP contribution in [0.4, 0.5) is 11.5 Å². The Bertz CT molecular complexity index is 615. The van der Waals surface area contributed by atoms with E-state index in [1.165, 1.54) is 6.20 Å². The number of benzene rings is 1. The second-order valence-electron chi connectivity index (χ2n) is 3.97. The predicted octanol–water partition coefficient (Wildman–Crippen LogP) is 2.54. The molecule has 0 spiro atoms. The standard InChI is InChI=1S/C13H13ClN4O/c1-8-4-3-5-9(6-8)17-11-10(12(19)15-2)7-16-13(14)18-11/h3-7H,1-2H3,(H,15,19)(H,16,17,18). The van der Waals surface area contributed by atoms with E-state index in [0.29, 0.717) is 11.4 Å². The van der Waals surface area contributed by atoms with Crippen molar-refractivity contribution in [2.45, 2.75) is 6.92 Å². The quantitative estimate of drug-likeness (QED) is 0.846. The van der Waals surface area contributed by atoms with Gasteiger partial charge in [-0.05, 0) is 36.2 Å². The van der Waals surface area contributed by atoms with E-state index in [4.69, 9.17) is 11.6 Å². The van der Waals surface area contributed by atoms with Gasteiger partial charge in [-0.3, -0.25) is 4.79 Å². The lowest BCUT2D eigenvalue weighted by atomic mass is 10.2. The molecule has 0 unspecified atom stereocenters. The minimum Gasteiger partial charge on any atom is -0.355 e. The molecule has 1 amide bonds. The smallest absolute Gasteiger partial charge is 0.256 e. The minimum atomic E-state index is -0.271. The summed E-state index contributed by atoms with van der Waals surface area (Å²) < 4.78 is 0. The number of amides is 1. The Kier molecular flexibility index (Phi) is 3.97. The molecule has 5 nitrogen and oxygen atoms in total. The normalized spacial score (nSPS) is 10.1. The van der Waals surface area contributed by atoms with Crippen molar-refractivity contribution in [3.05, 3.63) is 46.9 Å². The first-order valence-electron chi connectivity index (χ1n) is 5.68. The zero-order valence-corrected chi connectivity index (χ0v) is 11.3. The lowest BCUT2D eigenvalue weighted by Gasteiger charge is -2.10. The molecule has 0 saturated carbocycles. The molecule has 2 N–H and O–H groups in total. The lowest BCUT2D eigenvalue weighted by Crippen LogP contribution is -2.20. The Labute approximate surface area is 116 Å². The molecule has 0 aliphatic rings. The summed E-state index contributed by atoms with van der Waals surface area (Å²) in [6.45, 7) is 1.98. The number of aromatic nitrogens is 2. The molecule has 1 aromatic carbocycles. The third-order valence-electron chi connectivity index (χ3n) is 2.51. The van der Waals surface area contributed by atoms with Gasteiger partial charge in [0.05, 0.1) is 0 Å². The molecule has 0 aliphatic heterocycles. The van der Waals surface area contributed by atoms with Crippen LogP contribution in [-0.2, 0) is 0 Å². The summed E-state index contributed by atoms with van der Waals surface area (Å²) in [6, 6.07) is 7.73. The lowest BCUT2D eigenvalue weighted by molar-refractivity contribution is 0.0963. The number of hydrogen-bond donors (Lipinski definition) is 2. The van der Waals surface area contributed by atoms with E-state index in [1.54, 1.807) is 7.05 Å². The highest BCUT2D eigenvalue weighted by atomic mass is 35.5. The van der Waals surface area contributed by atoms with Crippen molar-refractivity contribution in [3.8, 4) is 0 Å². The number of anilines is 2. The van der Waals surface area contributed by atoms with E-state index in [-0.39, 0.29) is 11.2 Å². The van der Waals surface area contributed by atoms with Crippen molar-refractivity contribution in [1.82, 2.24) is 15.3 Å². The summed E-state index contributed by atoms with van der Waals surface area (Å²) in [5.74, 6) is 0.108. The van der Waals surface area contributed by atoms with Gasteiger partial charge in [-0.2, -0.15) is 4.98 Å². The maximum atomic E-state index is 11.7. The fourth-order valence-electron chi connectivity index (χ4n) is 1.62. The fourth-order valence-corrected chi connectivity index (χ4v) is 1.75. The van der Waals surface area contributed by atoms with E-state index in [0.717, 1.165) is 11.3 Å². The Balaban J connectivity index is 2.38. The van der Waals surface area contributed by atoms with Gasteiger partial charge < -0.3 is 10.6 Å². The average molecular weight is 277 g/mol. The molecule has 0 radical (unpaired) electrons. The van der Waals surface area contributed by atoms with Crippen LogP contribution >= 0.6 is 11.6 Å². The Hall–Kier alpha value is -2.14. The van der Waals surface area contributed by atoms with E-state index in [2.05, 4.69) is 20.6 Å². The highest BCUT2D eigenvalue weighted by molar-refractivity contribution is 6.28. The zero-order valence-electron chi connectivity index (χ0n) is 10.6. The molecule has 0 fully saturated rings. The molecule has 0 atom stereocenters. The highest BCUT2D eigenvalue weighted by Crippen LogP contribution is 2.20. The Morgan fingerprint density at radius 2 is 2.16 bits per heavy atom. The van der Waals surface area contributed by atoms with Crippen LogP contribution in [0.2, 0.25) is 5.28 Å². The van der Waals surface area contributed by atoms with Crippen LogP contribution < -0.4 is 10.6 Å². The van der Waals surface area contributed by atoms with Gasteiger partial charge in [-0.25, -0.2) is 4.98 Å². The van der Waals surface area contributed by atoms with Gasteiger partial charge in [0.15, 0.2) is 0 Å². The summed E-state index contributed by atoms with van der Waals surface area (Å²) in [6.07, 6.45) is 1.40. The molecule has 19 heavy (non-hydrogen) atoms. The summed E-state index contributed by atoms with van der Waals surface area (Å²) in [5.41, 5.74) is 2.28. The molecule has 2 rings (SSSR count). The van der Waals surface area contributed by atoms with Gasteiger partial charge in [0.1, 0.15) is 11.4 Å². The summed E-state index contributed by atoms with van der Waals surface area (Å²) in [4.78, 5) is 19.6. The molecule has 98 valence electrons. The van der Waals surface area contributed by atoms with Crippen molar-refractivity contribution in [3.63, 3.8) is 0 Å². The van der Waals surface area contributed by atoms with Crippen LogP contribution in [0.15, 0.2) is 30.5 Å². The molecule has 2 aromatic rings. The molecule has 1 aromatic heterocycles. The van der Waals surface area contributed by atoms with Gasteiger partial charge in [0, 0.05) is 18.9 Å².